The number of aryl methyl sites for hydroxylation is 1. The number of unbranched alkanes of at least 4 members (excludes halogenated alkanes) is 6. The van der Waals surface area contributed by atoms with E-state index < -0.39 is 0 Å². The van der Waals surface area contributed by atoms with Crippen LogP contribution < -0.4 is 0 Å². The molecule has 0 aromatic heterocycles. The van der Waals surface area contributed by atoms with Gasteiger partial charge in [0.15, 0.2) is 0 Å². The normalized spacial score (nSPS) is 10.2. The fraction of sp³-hybridized carbons (Fsp3) is 0.333. The number of hydrogen-bond acceptors (Lipinski definition) is 2. The lowest BCUT2D eigenvalue weighted by atomic mass is 10.0. The minimum absolute atomic E-state index is 0.328. The van der Waals surface area contributed by atoms with Gasteiger partial charge in [-0.15, -0.1) is 0 Å². The third-order valence-electron chi connectivity index (χ3n) is 5.03. The van der Waals surface area contributed by atoms with E-state index in [-0.39, 0.29) is 0 Å². The summed E-state index contributed by atoms with van der Waals surface area (Å²) in [7, 11) is 0. The van der Waals surface area contributed by atoms with Gasteiger partial charge in [0.1, 0.15) is 11.5 Å². The van der Waals surface area contributed by atoms with Crippen LogP contribution in [-0.4, -0.2) is 10.2 Å². The first-order valence-corrected chi connectivity index (χ1v) is 10.8. The van der Waals surface area contributed by atoms with Gasteiger partial charge in [-0.05, 0) is 36.1 Å². The Morgan fingerprint density at radius 3 is 1.76 bits per heavy atom. The highest BCUT2D eigenvalue weighted by Gasteiger charge is 2.00. The van der Waals surface area contributed by atoms with Crippen LogP contribution in [0.5, 0.6) is 11.5 Å². The van der Waals surface area contributed by atoms with Crippen molar-refractivity contribution in [1.82, 2.24) is 0 Å². The van der Waals surface area contributed by atoms with Gasteiger partial charge >= 0.3 is 0 Å². The summed E-state index contributed by atoms with van der Waals surface area (Å²) in [6.45, 7) is 2.25. The minimum Gasteiger partial charge on any atom is -0.508 e. The van der Waals surface area contributed by atoms with Crippen LogP contribution in [-0.2, 0) is 6.42 Å². The van der Waals surface area contributed by atoms with E-state index in [1.807, 2.05) is 66.7 Å². The Hall–Kier alpha value is -2.74. The second-order valence-corrected chi connectivity index (χ2v) is 7.38. The molecule has 3 aromatic rings. The lowest BCUT2D eigenvalue weighted by Gasteiger charge is -2.04. The third kappa shape index (κ3) is 8.43. The molecule has 0 saturated carbocycles. The second kappa shape index (κ2) is 13.4. The molecule has 2 nitrogen and oxygen atoms in total. The Morgan fingerprint density at radius 2 is 1.10 bits per heavy atom. The van der Waals surface area contributed by atoms with Crippen molar-refractivity contribution in [2.45, 2.75) is 58.3 Å². The molecule has 0 spiro atoms. The highest BCUT2D eigenvalue weighted by atomic mass is 16.3. The molecule has 3 rings (SSSR count). The number of phenols is 2. The van der Waals surface area contributed by atoms with E-state index in [1.54, 1.807) is 12.1 Å². The van der Waals surface area contributed by atoms with E-state index in [1.165, 1.54) is 44.9 Å². The molecule has 0 fully saturated rings. The minimum atomic E-state index is 0.328. The number of rotatable bonds is 9. The Labute approximate surface area is 175 Å². The number of hydrogen-bond donors (Lipinski definition) is 2. The maximum absolute atomic E-state index is 9.58. The average Bonchev–Trinajstić information content (AvgIpc) is 2.76. The van der Waals surface area contributed by atoms with Crippen LogP contribution in [0.2, 0.25) is 0 Å². The summed E-state index contributed by atoms with van der Waals surface area (Å²) in [4.78, 5) is 0. The van der Waals surface area contributed by atoms with E-state index in [9.17, 15) is 10.2 Å². The van der Waals surface area contributed by atoms with Gasteiger partial charge in [0.05, 0.1) is 0 Å². The maximum atomic E-state index is 9.58. The predicted molar refractivity (Wildman–Crippen MR) is 123 cm³/mol. The SMILES string of the molecule is CCCCCCCCCc1ccccc1O.Oc1ccccc1-c1ccccc1. The van der Waals surface area contributed by atoms with Gasteiger partial charge in [-0.25, -0.2) is 0 Å². The zero-order chi connectivity index (χ0) is 20.7. The molecule has 0 aliphatic carbocycles. The van der Waals surface area contributed by atoms with Crippen molar-refractivity contribution in [2.24, 2.45) is 0 Å². The monoisotopic (exact) mass is 390 g/mol. The molecule has 2 heteroatoms. The van der Waals surface area contributed by atoms with Gasteiger partial charge in [0.25, 0.3) is 0 Å². The molecule has 0 unspecified atom stereocenters. The molecule has 0 atom stereocenters. The summed E-state index contributed by atoms with van der Waals surface area (Å²) in [5.74, 6) is 0.780. The Morgan fingerprint density at radius 1 is 0.552 bits per heavy atom. The fourth-order valence-corrected chi connectivity index (χ4v) is 3.33. The van der Waals surface area contributed by atoms with Crippen molar-refractivity contribution in [3.05, 3.63) is 84.4 Å². The van der Waals surface area contributed by atoms with Crippen molar-refractivity contribution >= 4 is 0 Å². The number of benzene rings is 3. The lowest BCUT2D eigenvalue weighted by molar-refractivity contribution is 0.466. The first kappa shape index (κ1) is 22.5. The Kier molecular flexibility index (Phi) is 10.4. The van der Waals surface area contributed by atoms with Crippen molar-refractivity contribution in [3.8, 4) is 22.6 Å². The first-order valence-electron chi connectivity index (χ1n) is 10.8. The largest absolute Gasteiger partial charge is 0.508 e. The van der Waals surface area contributed by atoms with Crippen LogP contribution in [0.4, 0.5) is 0 Å². The van der Waals surface area contributed by atoms with Gasteiger partial charge < -0.3 is 10.2 Å². The molecular formula is C27H34O2. The first-order chi connectivity index (χ1) is 14.2. The number of phenolic OH excluding ortho intramolecular Hbond substituents is 2. The maximum Gasteiger partial charge on any atom is 0.123 e. The summed E-state index contributed by atoms with van der Waals surface area (Å²) in [6.07, 6.45) is 10.3. The van der Waals surface area contributed by atoms with Crippen LogP contribution in [0.3, 0.4) is 0 Å². The summed E-state index contributed by atoms with van der Waals surface area (Å²) < 4.78 is 0. The molecule has 0 aliphatic rings. The molecular weight excluding hydrogens is 356 g/mol. The summed E-state index contributed by atoms with van der Waals surface area (Å²) in [6, 6.07) is 24.9. The topological polar surface area (TPSA) is 40.5 Å². The van der Waals surface area contributed by atoms with Crippen molar-refractivity contribution in [2.75, 3.05) is 0 Å². The second-order valence-electron chi connectivity index (χ2n) is 7.38. The molecule has 154 valence electrons. The third-order valence-corrected chi connectivity index (χ3v) is 5.03. The van der Waals surface area contributed by atoms with Crippen molar-refractivity contribution in [1.29, 1.82) is 0 Å². The highest BCUT2D eigenvalue weighted by molar-refractivity contribution is 5.69. The standard InChI is InChI=1S/C15H24O.C12H10O/c1-2-3-4-5-6-7-8-11-14-12-9-10-13-15(14)16;13-12-9-5-4-8-11(12)10-6-2-1-3-7-10/h9-10,12-13,16H,2-8,11H2,1H3;1-9,13H. The van der Waals surface area contributed by atoms with Gasteiger partial charge in [0, 0.05) is 5.56 Å². The zero-order valence-corrected chi connectivity index (χ0v) is 17.6. The summed E-state index contributed by atoms with van der Waals surface area (Å²) in [5.41, 5.74) is 3.01. The van der Waals surface area contributed by atoms with Crippen LogP contribution in [0.25, 0.3) is 11.1 Å². The van der Waals surface area contributed by atoms with E-state index in [4.69, 9.17) is 0 Å². The predicted octanol–water partition coefficient (Wildman–Crippen LogP) is 7.74. The molecule has 0 amide bonds. The van der Waals surface area contributed by atoms with Crippen molar-refractivity contribution in [3.63, 3.8) is 0 Å². The fourth-order valence-electron chi connectivity index (χ4n) is 3.33. The molecule has 2 N–H and O–H groups in total. The van der Waals surface area contributed by atoms with E-state index in [0.717, 1.165) is 23.1 Å². The van der Waals surface area contributed by atoms with E-state index >= 15 is 0 Å². The molecule has 0 aliphatic heterocycles. The molecule has 0 radical (unpaired) electrons. The molecule has 0 saturated heterocycles. The van der Waals surface area contributed by atoms with Crippen LogP contribution in [0.1, 0.15) is 57.4 Å². The van der Waals surface area contributed by atoms with Crippen molar-refractivity contribution < 1.29 is 10.2 Å². The number of para-hydroxylation sites is 2. The smallest absolute Gasteiger partial charge is 0.123 e. The van der Waals surface area contributed by atoms with Gasteiger partial charge in [-0.2, -0.15) is 0 Å². The van der Waals surface area contributed by atoms with Crippen LogP contribution in [0.15, 0.2) is 78.9 Å². The molecule has 0 heterocycles. The lowest BCUT2D eigenvalue weighted by Crippen LogP contribution is -1.87. The molecule has 3 aromatic carbocycles. The molecule has 29 heavy (non-hydrogen) atoms. The van der Waals surface area contributed by atoms with E-state index in [2.05, 4.69) is 6.92 Å². The van der Waals surface area contributed by atoms with Gasteiger partial charge in [-0.1, -0.05) is 112 Å². The quantitative estimate of drug-likeness (QED) is 0.367. The average molecular weight is 391 g/mol. The van der Waals surface area contributed by atoms with E-state index in [0.29, 0.717) is 11.5 Å². The number of aromatic hydroxyl groups is 2. The van der Waals surface area contributed by atoms with Crippen LogP contribution >= 0.6 is 0 Å². The summed E-state index contributed by atoms with van der Waals surface area (Å²) in [5, 5.41) is 19.1. The van der Waals surface area contributed by atoms with Gasteiger partial charge in [0.2, 0.25) is 0 Å². The Bertz CT molecular complexity index is 812. The van der Waals surface area contributed by atoms with Gasteiger partial charge in [-0.3, -0.25) is 0 Å². The Balaban J connectivity index is 0.000000211. The summed E-state index contributed by atoms with van der Waals surface area (Å²) >= 11 is 0. The van der Waals surface area contributed by atoms with Crippen LogP contribution in [0, 0.1) is 0 Å². The zero-order valence-electron chi connectivity index (χ0n) is 17.6. The molecule has 0 bridgehead atoms. The highest BCUT2D eigenvalue weighted by Crippen LogP contribution is 2.27.